The van der Waals surface area contributed by atoms with Crippen LogP contribution in [0.25, 0.3) is 0 Å². The van der Waals surface area contributed by atoms with E-state index in [4.69, 9.17) is 4.42 Å². The molecule has 1 N–H and O–H groups in total. The number of nitrogens with one attached hydrogen (secondary N) is 1. The zero-order valence-electron chi connectivity index (χ0n) is 8.09. The second kappa shape index (κ2) is 4.46. The number of benzene rings is 1. The van der Waals surface area contributed by atoms with E-state index in [0.717, 1.165) is 11.3 Å². The predicted octanol–water partition coefficient (Wildman–Crippen LogP) is 2.12. The van der Waals surface area contributed by atoms with Gasteiger partial charge < -0.3 is 9.73 Å². The number of hydrogen-bond donors (Lipinski definition) is 1. The highest BCUT2D eigenvalue weighted by Crippen LogP contribution is 2.21. The number of carbonyl (C=O) groups is 1. The van der Waals surface area contributed by atoms with Gasteiger partial charge in [0.2, 0.25) is 6.41 Å². The quantitative estimate of drug-likeness (QED) is 0.770. The Bertz CT molecular complexity index is 408. The predicted molar refractivity (Wildman–Crippen MR) is 56.2 cm³/mol. The maximum Gasteiger partial charge on any atom is 0.207 e. The van der Waals surface area contributed by atoms with Gasteiger partial charge >= 0.3 is 0 Å². The molecule has 1 amide bonds. The maximum atomic E-state index is 10.5. The van der Waals surface area contributed by atoms with Gasteiger partial charge in [-0.15, -0.1) is 0 Å². The summed E-state index contributed by atoms with van der Waals surface area (Å²) >= 11 is 0. The number of rotatable bonds is 4. The molecule has 0 bridgehead atoms. The molecule has 2 rings (SSSR count). The lowest BCUT2D eigenvalue weighted by Gasteiger charge is -2.13. The van der Waals surface area contributed by atoms with Crippen molar-refractivity contribution < 1.29 is 9.21 Å². The maximum absolute atomic E-state index is 10.5. The van der Waals surface area contributed by atoms with Crippen LogP contribution in [0.4, 0.5) is 0 Å². The summed E-state index contributed by atoms with van der Waals surface area (Å²) in [4.78, 5) is 10.5. The molecule has 1 aromatic heterocycles. The van der Waals surface area contributed by atoms with Crippen LogP contribution in [0.1, 0.15) is 17.4 Å². The van der Waals surface area contributed by atoms with Crippen molar-refractivity contribution in [2.75, 3.05) is 0 Å². The van der Waals surface area contributed by atoms with Gasteiger partial charge in [0, 0.05) is 0 Å². The standard InChI is InChI=1S/C12H11NO2/c14-9-13-12(11-7-4-8-15-11)10-5-2-1-3-6-10/h1-9,12H,(H,13,14). The number of hydrogen-bond acceptors (Lipinski definition) is 2. The molecule has 0 radical (unpaired) electrons. The van der Waals surface area contributed by atoms with Gasteiger partial charge in [0.15, 0.2) is 0 Å². The van der Waals surface area contributed by atoms with E-state index in [1.165, 1.54) is 0 Å². The van der Waals surface area contributed by atoms with Crippen LogP contribution < -0.4 is 5.32 Å². The first-order chi connectivity index (χ1) is 7.42. The molecule has 76 valence electrons. The van der Waals surface area contributed by atoms with E-state index in [1.54, 1.807) is 12.3 Å². The molecule has 0 fully saturated rings. The van der Waals surface area contributed by atoms with Gasteiger partial charge in [-0.3, -0.25) is 4.79 Å². The first-order valence-electron chi connectivity index (χ1n) is 4.70. The van der Waals surface area contributed by atoms with Crippen molar-refractivity contribution >= 4 is 6.41 Å². The molecular formula is C12H11NO2. The van der Waals surface area contributed by atoms with E-state index >= 15 is 0 Å². The van der Waals surface area contributed by atoms with Gasteiger partial charge in [0.1, 0.15) is 11.8 Å². The van der Waals surface area contributed by atoms with Crippen molar-refractivity contribution in [1.82, 2.24) is 5.32 Å². The average molecular weight is 201 g/mol. The Balaban J connectivity index is 2.32. The zero-order chi connectivity index (χ0) is 10.5. The van der Waals surface area contributed by atoms with Crippen molar-refractivity contribution in [3.05, 3.63) is 60.1 Å². The molecule has 3 nitrogen and oxygen atoms in total. The van der Waals surface area contributed by atoms with Crippen molar-refractivity contribution in [3.63, 3.8) is 0 Å². The van der Waals surface area contributed by atoms with Gasteiger partial charge in [0.05, 0.1) is 6.26 Å². The molecule has 0 saturated carbocycles. The van der Waals surface area contributed by atoms with Crippen LogP contribution >= 0.6 is 0 Å². The second-order valence-electron chi connectivity index (χ2n) is 3.14. The van der Waals surface area contributed by atoms with E-state index < -0.39 is 0 Å². The summed E-state index contributed by atoms with van der Waals surface area (Å²) in [5, 5.41) is 2.73. The summed E-state index contributed by atoms with van der Waals surface area (Å²) in [6, 6.07) is 13.1. The number of amides is 1. The lowest BCUT2D eigenvalue weighted by atomic mass is 10.1. The molecule has 15 heavy (non-hydrogen) atoms. The molecule has 1 aromatic carbocycles. The largest absolute Gasteiger partial charge is 0.467 e. The van der Waals surface area contributed by atoms with Crippen molar-refractivity contribution in [2.45, 2.75) is 6.04 Å². The summed E-state index contributed by atoms with van der Waals surface area (Å²) in [6.45, 7) is 0. The van der Waals surface area contributed by atoms with Crippen LogP contribution in [0.3, 0.4) is 0 Å². The van der Waals surface area contributed by atoms with Gasteiger partial charge in [-0.1, -0.05) is 30.3 Å². The highest BCUT2D eigenvalue weighted by Gasteiger charge is 2.14. The minimum atomic E-state index is -0.210. The van der Waals surface area contributed by atoms with Gasteiger partial charge in [-0.25, -0.2) is 0 Å². The fourth-order valence-corrected chi connectivity index (χ4v) is 1.51. The SMILES string of the molecule is O=CNC(c1ccccc1)c1ccco1. The molecule has 0 aliphatic rings. The van der Waals surface area contributed by atoms with Gasteiger partial charge in [0.25, 0.3) is 0 Å². The summed E-state index contributed by atoms with van der Waals surface area (Å²) in [6.07, 6.45) is 2.28. The zero-order valence-corrected chi connectivity index (χ0v) is 8.09. The molecule has 0 aliphatic carbocycles. The molecule has 0 saturated heterocycles. The lowest BCUT2D eigenvalue weighted by Crippen LogP contribution is -2.19. The van der Waals surface area contributed by atoms with Crippen LogP contribution in [-0.4, -0.2) is 6.41 Å². The number of carbonyl (C=O) groups excluding carboxylic acids is 1. The summed E-state index contributed by atoms with van der Waals surface area (Å²) in [5.41, 5.74) is 1.000. The highest BCUT2D eigenvalue weighted by atomic mass is 16.3. The Labute approximate surface area is 87.7 Å². The van der Waals surface area contributed by atoms with Crippen LogP contribution in [0.2, 0.25) is 0 Å². The van der Waals surface area contributed by atoms with Crippen molar-refractivity contribution in [2.24, 2.45) is 0 Å². The molecular weight excluding hydrogens is 190 g/mol. The third-order valence-electron chi connectivity index (χ3n) is 2.20. The molecule has 1 unspecified atom stereocenters. The first kappa shape index (κ1) is 9.52. The topological polar surface area (TPSA) is 42.2 Å². The summed E-state index contributed by atoms with van der Waals surface area (Å²) in [5.74, 6) is 0.730. The smallest absolute Gasteiger partial charge is 0.207 e. The Morgan fingerprint density at radius 2 is 1.93 bits per heavy atom. The van der Waals surface area contributed by atoms with Crippen LogP contribution in [0.15, 0.2) is 53.1 Å². The fraction of sp³-hybridized carbons (Fsp3) is 0.0833. The Morgan fingerprint density at radius 1 is 1.13 bits per heavy atom. The minimum Gasteiger partial charge on any atom is -0.467 e. The fourth-order valence-electron chi connectivity index (χ4n) is 1.51. The average Bonchev–Trinajstić information content (AvgIpc) is 2.80. The third-order valence-corrected chi connectivity index (χ3v) is 2.20. The van der Waals surface area contributed by atoms with Crippen LogP contribution in [0, 0.1) is 0 Å². The van der Waals surface area contributed by atoms with E-state index in [1.807, 2.05) is 36.4 Å². The third kappa shape index (κ3) is 2.07. The van der Waals surface area contributed by atoms with Gasteiger partial charge in [-0.05, 0) is 17.7 Å². The molecule has 1 heterocycles. The normalized spacial score (nSPS) is 12.0. The van der Waals surface area contributed by atoms with E-state index in [9.17, 15) is 4.79 Å². The lowest BCUT2D eigenvalue weighted by molar-refractivity contribution is -0.110. The monoisotopic (exact) mass is 201 g/mol. The van der Waals surface area contributed by atoms with Crippen LogP contribution in [0.5, 0.6) is 0 Å². The highest BCUT2D eigenvalue weighted by molar-refractivity contribution is 5.49. The van der Waals surface area contributed by atoms with Crippen LogP contribution in [-0.2, 0) is 4.79 Å². The van der Waals surface area contributed by atoms with Crippen molar-refractivity contribution in [1.29, 1.82) is 0 Å². The molecule has 0 aliphatic heterocycles. The summed E-state index contributed by atoms with van der Waals surface area (Å²) in [7, 11) is 0. The molecule has 2 aromatic rings. The Kier molecular flexibility index (Phi) is 2.83. The minimum absolute atomic E-state index is 0.210. The second-order valence-corrected chi connectivity index (χ2v) is 3.14. The molecule has 3 heteroatoms. The summed E-state index contributed by atoms with van der Waals surface area (Å²) < 4.78 is 5.28. The van der Waals surface area contributed by atoms with E-state index in [2.05, 4.69) is 5.32 Å². The Morgan fingerprint density at radius 3 is 2.53 bits per heavy atom. The molecule has 1 atom stereocenters. The van der Waals surface area contributed by atoms with Gasteiger partial charge in [-0.2, -0.15) is 0 Å². The van der Waals surface area contributed by atoms with Crippen molar-refractivity contribution in [3.8, 4) is 0 Å². The Hall–Kier alpha value is -2.03. The van der Waals surface area contributed by atoms with E-state index in [0.29, 0.717) is 6.41 Å². The molecule has 0 spiro atoms. The van der Waals surface area contributed by atoms with E-state index in [-0.39, 0.29) is 6.04 Å². The number of furan rings is 1. The first-order valence-corrected chi connectivity index (χ1v) is 4.70.